The number of carbonyl (C=O) groups is 2. The number of piperazine rings is 1. The summed E-state index contributed by atoms with van der Waals surface area (Å²) in [5.74, 6) is 0.0838. The molecule has 0 saturated carbocycles. The lowest BCUT2D eigenvalue weighted by Crippen LogP contribution is -2.51. The van der Waals surface area contributed by atoms with E-state index in [1.807, 2.05) is 41.3 Å². The first kappa shape index (κ1) is 19.8. The van der Waals surface area contributed by atoms with Crippen LogP contribution in [-0.2, 0) is 16.1 Å². The molecule has 2 aromatic carbocycles. The molecule has 0 bridgehead atoms. The fraction of sp³-hybridized carbons (Fsp3) is 0.318. The molecule has 0 aliphatic carbocycles. The Bertz CT molecular complexity index is 914. The van der Waals surface area contributed by atoms with E-state index in [2.05, 4.69) is 39.8 Å². The van der Waals surface area contributed by atoms with Crippen molar-refractivity contribution in [2.24, 2.45) is 0 Å². The van der Waals surface area contributed by atoms with Gasteiger partial charge in [0.2, 0.25) is 11.8 Å². The maximum atomic E-state index is 13.1. The van der Waals surface area contributed by atoms with Gasteiger partial charge in [-0.2, -0.15) is 0 Å². The van der Waals surface area contributed by atoms with Gasteiger partial charge in [0.1, 0.15) is 12.9 Å². The van der Waals surface area contributed by atoms with Crippen molar-refractivity contribution < 1.29 is 9.59 Å². The van der Waals surface area contributed by atoms with Crippen molar-refractivity contribution in [3.05, 3.63) is 78.1 Å². The van der Waals surface area contributed by atoms with E-state index >= 15 is 0 Å². The van der Waals surface area contributed by atoms with Gasteiger partial charge in [-0.3, -0.25) is 9.59 Å². The molecule has 1 saturated heterocycles. The van der Waals surface area contributed by atoms with E-state index in [1.54, 1.807) is 4.90 Å². The summed E-state index contributed by atoms with van der Waals surface area (Å²) in [5, 5.41) is 10.8. The summed E-state index contributed by atoms with van der Waals surface area (Å²) in [4.78, 5) is 29.1. The highest BCUT2D eigenvalue weighted by atomic mass is 16.2. The highest BCUT2D eigenvalue weighted by Crippen LogP contribution is 2.28. The molecule has 1 aliphatic heterocycles. The van der Waals surface area contributed by atoms with E-state index in [0.29, 0.717) is 32.6 Å². The normalized spacial score (nSPS) is 14.2. The van der Waals surface area contributed by atoms with Crippen molar-refractivity contribution >= 4 is 11.8 Å². The van der Waals surface area contributed by atoms with Crippen LogP contribution in [0.2, 0.25) is 0 Å². The van der Waals surface area contributed by atoms with Crippen LogP contribution >= 0.6 is 0 Å². The van der Waals surface area contributed by atoms with Crippen LogP contribution in [0.3, 0.4) is 0 Å². The van der Waals surface area contributed by atoms with E-state index in [4.69, 9.17) is 0 Å². The molecule has 0 radical (unpaired) electrons. The lowest BCUT2D eigenvalue weighted by molar-refractivity contribution is -0.140. The number of hydrogen-bond acceptors (Lipinski definition) is 5. The Labute approximate surface area is 175 Å². The monoisotopic (exact) mass is 404 g/mol. The number of carbonyl (C=O) groups excluding carboxylic acids is 2. The maximum Gasteiger partial charge on any atom is 0.244 e. The van der Waals surface area contributed by atoms with Gasteiger partial charge < -0.3 is 9.80 Å². The summed E-state index contributed by atoms with van der Waals surface area (Å²) in [7, 11) is 0. The van der Waals surface area contributed by atoms with Crippen LogP contribution in [0.15, 0.2) is 67.0 Å². The minimum Gasteiger partial charge on any atom is -0.339 e. The maximum absolute atomic E-state index is 13.1. The second-order valence-corrected chi connectivity index (χ2v) is 7.35. The van der Waals surface area contributed by atoms with Gasteiger partial charge >= 0.3 is 0 Å². The zero-order valence-corrected chi connectivity index (χ0v) is 16.7. The molecular weight excluding hydrogens is 380 g/mol. The van der Waals surface area contributed by atoms with Crippen molar-refractivity contribution in [1.29, 1.82) is 0 Å². The molecule has 0 N–H and O–H groups in total. The van der Waals surface area contributed by atoms with E-state index in [0.717, 1.165) is 11.1 Å². The smallest absolute Gasteiger partial charge is 0.244 e. The molecule has 3 aromatic rings. The molecule has 30 heavy (non-hydrogen) atoms. The number of tetrazole rings is 1. The van der Waals surface area contributed by atoms with Crippen molar-refractivity contribution in [3.8, 4) is 0 Å². The van der Waals surface area contributed by atoms with Gasteiger partial charge in [0.05, 0.1) is 0 Å². The third-order valence-corrected chi connectivity index (χ3v) is 5.46. The fourth-order valence-corrected chi connectivity index (χ4v) is 3.80. The quantitative estimate of drug-likeness (QED) is 0.623. The van der Waals surface area contributed by atoms with Gasteiger partial charge in [0, 0.05) is 38.5 Å². The summed E-state index contributed by atoms with van der Waals surface area (Å²) >= 11 is 0. The Morgan fingerprint density at radius 2 is 1.33 bits per heavy atom. The number of benzene rings is 2. The van der Waals surface area contributed by atoms with Gasteiger partial charge in [-0.1, -0.05) is 60.7 Å². The third-order valence-electron chi connectivity index (χ3n) is 5.46. The van der Waals surface area contributed by atoms with Gasteiger partial charge in [-0.05, 0) is 21.6 Å². The van der Waals surface area contributed by atoms with Crippen molar-refractivity contribution in [1.82, 2.24) is 30.0 Å². The van der Waals surface area contributed by atoms with Crippen LogP contribution in [0.4, 0.5) is 0 Å². The molecular formula is C22H24N6O2. The molecule has 154 valence electrons. The van der Waals surface area contributed by atoms with Gasteiger partial charge in [-0.25, -0.2) is 4.68 Å². The van der Waals surface area contributed by atoms with Gasteiger partial charge in [0.25, 0.3) is 0 Å². The Morgan fingerprint density at radius 1 is 0.800 bits per heavy atom. The van der Waals surface area contributed by atoms with Crippen LogP contribution in [-0.4, -0.2) is 68.0 Å². The molecule has 2 heterocycles. The highest BCUT2D eigenvalue weighted by Gasteiger charge is 2.27. The number of amides is 2. The molecule has 1 fully saturated rings. The zero-order chi connectivity index (χ0) is 20.8. The predicted molar refractivity (Wildman–Crippen MR) is 110 cm³/mol. The highest BCUT2D eigenvalue weighted by molar-refractivity contribution is 5.79. The van der Waals surface area contributed by atoms with Crippen molar-refractivity contribution in [2.45, 2.75) is 18.9 Å². The Kier molecular flexibility index (Phi) is 6.12. The summed E-state index contributed by atoms with van der Waals surface area (Å²) in [5.41, 5.74) is 2.26. The fourth-order valence-electron chi connectivity index (χ4n) is 3.80. The van der Waals surface area contributed by atoms with Crippen LogP contribution in [0.5, 0.6) is 0 Å². The second kappa shape index (κ2) is 9.30. The van der Waals surface area contributed by atoms with Crippen LogP contribution in [0, 0.1) is 0 Å². The lowest BCUT2D eigenvalue weighted by atomic mass is 9.88. The summed E-state index contributed by atoms with van der Waals surface area (Å²) in [6.45, 7) is 2.24. The first-order chi connectivity index (χ1) is 14.7. The number of hydrogen-bond donors (Lipinski definition) is 0. The van der Waals surface area contributed by atoms with Crippen LogP contribution in [0.1, 0.15) is 23.5 Å². The summed E-state index contributed by atoms with van der Waals surface area (Å²) < 4.78 is 1.41. The number of rotatable bonds is 6. The Hall–Kier alpha value is -3.55. The first-order valence-corrected chi connectivity index (χ1v) is 10.1. The van der Waals surface area contributed by atoms with E-state index in [1.165, 1.54) is 11.0 Å². The van der Waals surface area contributed by atoms with Gasteiger partial charge in [-0.15, -0.1) is 5.10 Å². The largest absolute Gasteiger partial charge is 0.339 e. The molecule has 0 unspecified atom stereocenters. The second-order valence-electron chi connectivity index (χ2n) is 7.35. The summed E-state index contributed by atoms with van der Waals surface area (Å²) in [6.07, 6.45) is 1.83. The third kappa shape index (κ3) is 4.71. The minimum atomic E-state index is -0.0409. The molecule has 0 atom stereocenters. The molecule has 8 nitrogen and oxygen atoms in total. The average molecular weight is 404 g/mol. The molecule has 2 amide bonds. The molecule has 4 rings (SSSR count). The minimum absolute atomic E-state index is 0.0133. The van der Waals surface area contributed by atoms with Crippen LogP contribution < -0.4 is 0 Å². The first-order valence-electron chi connectivity index (χ1n) is 10.1. The Balaban J connectivity index is 1.37. The van der Waals surface area contributed by atoms with E-state index < -0.39 is 0 Å². The SMILES string of the molecule is O=C(CC(c1ccccc1)c1ccccc1)N1CCN(C(=O)Cn2cnnn2)CC1. The Morgan fingerprint density at radius 3 is 1.83 bits per heavy atom. The molecule has 0 spiro atoms. The topological polar surface area (TPSA) is 84.2 Å². The molecule has 1 aromatic heterocycles. The average Bonchev–Trinajstić information content (AvgIpc) is 3.31. The predicted octanol–water partition coefficient (Wildman–Crippen LogP) is 1.57. The standard InChI is InChI=1S/C22H24N6O2/c29-21(15-20(18-7-3-1-4-8-18)19-9-5-2-6-10-19)26-11-13-27(14-12-26)22(30)16-28-17-23-24-25-28/h1-10,17,20H,11-16H2. The summed E-state index contributed by atoms with van der Waals surface area (Å²) in [6, 6.07) is 20.3. The van der Waals surface area contributed by atoms with Crippen molar-refractivity contribution in [3.63, 3.8) is 0 Å². The van der Waals surface area contributed by atoms with Crippen LogP contribution in [0.25, 0.3) is 0 Å². The van der Waals surface area contributed by atoms with Crippen molar-refractivity contribution in [2.75, 3.05) is 26.2 Å². The van der Waals surface area contributed by atoms with Gasteiger partial charge in [0.15, 0.2) is 0 Å². The molecule has 1 aliphatic rings. The number of nitrogens with zero attached hydrogens (tertiary/aromatic N) is 6. The lowest BCUT2D eigenvalue weighted by Gasteiger charge is -2.35. The van der Waals surface area contributed by atoms with E-state index in [-0.39, 0.29) is 24.3 Å². The zero-order valence-electron chi connectivity index (χ0n) is 16.7. The number of aromatic nitrogens is 4. The van der Waals surface area contributed by atoms with E-state index in [9.17, 15) is 9.59 Å². The molecule has 8 heteroatoms.